The Balaban J connectivity index is 1.91. The van der Waals surface area contributed by atoms with E-state index in [0.717, 1.165) is 25.3 Å². The summed E-state index contributed by atoms with van der Waals surface area (Å²) in [4.78, 5) is 1.37. The summed E-state index contributed by atoms with van der Waals surface area (Å²) in [5.74, 6) is -1.13. The van der Waals surface area contributed by atoms with Crippen molar-refractivity contribution in [2.24, 2.45) is 0 Å². The fourth-order valence-electron chi connectivity index (χ4n) is 2.49. The Kier molecular flexibility index (Phi) is 4.33. The van der Waals surface area contributed by atoms with Crippen LogP contribution >= 0.6 is 49.9 Å². The molecule has 1 aliphatic carbocycles. The molecule has 0 radical (unpaired) electrons. The summed E-state index contributed by atoms with van der Waals surface area (Å²) in [6.07, 6.45) is 3.15. The quantitative estimate of drug-likeness (QED) is 0.427. The Morgan fingerprint density at radius 1 is 1.25 bits per heavy atom. The first-order valence-corrected chi connectivity index (χ1v) is 8.92. The highest BCUT2D eigenvalue weighted by Crippen LogP contribution is 2.38. The standard InChI is InChI=1S/C14H11BrF2INS/c15-8-5-12(10(17)6-9(8)16)19-11-2-1-3-13-7(11)4-14(18)20-13/h4-6,11,19H,1-3H2. The van der Waals surface area contributed by atoms with E-state index in [2.05, 4.69) is 49.9 Å². The molecular formula is C14H11BrF2INS. The minimum absolute atomic E-state index is 0.102. The number of nitrogens with one attached hydrogen (secondary N) is 1. The van der Waals surface area contributed by atoms with Gasteiger partial charge in [0, 0.05) is 10.9 Å². The number of aryl methyl sites for hydroxylation is 1. The van der Waals surface area contributed by atoms with E-state index >= 15 is 0 Å². The van der Waals surface area contributed by atoms with E-state index in [1.165, 1.54) is 19.4 Å². The van der Waals surface area contributed by atoms with Gasteiger partial charge >= 0.3 is 0 Å². The molecule has 0 fully saturated rings. The van der Waals surface area contributed by atoms with E-state index in [1.54, 1.807) is 11.3 Å². The number of thiophene rings is 1. The van der Waals surface area contributed by atoms with Crippen LogP contribution in [0.25, 0.3) is 0 Å². The normalized spacial score (nSPS) is 17.9. The van der Waals surface area contributed by atoms with Crippen LogP contribution in [-0.4, -0.2) is 0 Å². The van der Waals surface area contributed by atoms with Crippen LogP contribution in [-0.2, 0) is 6.42 Å². The van der Waals surface area contributed by atoms with Crippen LogP contribution in [0.15, 0.2) is 22.7 Å². The van der Waals surface area contributed by atoms with Crippen LogP contribution in [0.4, 0.5) is 14.5 Å². The van der Waals surface area contributed by atoms with Crippen molar-refractivity contribution in [1.29, 1.82) is 0 Å². The van der Waals surface area contributed by atoms with Gasteiger partial charge in [0.05, 0.1) is 19.1 Å². The first-order valence-electron chi connectivity index (χ1n) is 6.24. The molecule has 1 unspecified atom stereocenters. The molecule has 1 nitrogen and oxygen atoms in total. The molecule has 3 rings (SSSR count). The van der Waals surface area contributed by atoms with Gasteiger partial charge in [-0.05, 0) is 75.5 Å². The van der Waals surface area contributed by atoms with Crippen molar-refractivity contribution in [3.05, 3.63) is 47.6 Å². The lowest BCUT2D eigenvalue weighted by atomic mass is 9.94. The van der Waals surface area contributed by atoms with Gasteiger partial charge in [-0.1, -0.05) is 0 Å². The van der Waals surface area contributed by atoms with Crippen LogP contribution in [0.3, 0.4) is 0 Å². The predicted molar refractivity (Wildman–Crippen MR) is 90.4 cm³/mol. The fraction of sp³-hybridized carbons (Fsp3) is 0.286. The van der Waals surface area contributed by atoms with E-state index in [0.29, 0.717) is 5.69 Å². The Morgan fingerprint density at radius 3 is 2.85 bits per heavy atom. The molecular weight excluding hydrogens is 459 g/mol. The van der Waals surface area contributed by atoms with Crippen LogP contribution in [0.2, 0.25) is 0 Å². The van der Waals surface area contributed by atoms with Crippen molar-refractivity contribution in [2.75, 3.05) is 5.32 Å². The van der Waals surface area contributed by atoms with Crippen molar-refractivity contribution < 1.29 is 8.78 Å². The molecule has 1 aromatic carbocycles. The minimum Gasteiger partial charge on any atom is -0.376 e. The summed E-state index contributed by atoms with van der Waals surface area (Å²) in [7, 11) is 0. The van der Waals surface area contributed by atoms with Gasteiger partial charge < -0.3 is 5.32 Å². The number of benzene rings is 1. The summed E-state index contributed by atoms with van der Waals surface area (Å²) >= 11 is 7.22. The van der Waals surface area contributed by atoms with E-state index in [-0.39, 0.29) is 10.5 Å². The first-order chi connectivity index (χ1) is 9.54. The zero-order valence-electron chi connectivity index (χ0n) is 10.4. The van der Waals surface area contributed by atoms with E-state index in [1.807, 2.05) is 0 Å². The van der Waals surface area contributed by atoms with Crippen LogP contribution < -0.4 is 5.32 Å². The van der Waals surface area contributed by atoms with Crippen LogP contribution in [0.1, 0.15) is 29.3 Å². The van der Waals surface area contributed by atoms with Gasteiger partial charge in [0.2, 0.25) is 0 Å². The second kappa shape index (κ2) is 5.88. The molecule has 2 aromatic rings. The van der Waals surface area contributed by atoms with Crippen molar-refractivity contribution in [2.45, 2.75) is 25.3 Å². The topological polar surface area (TPSA) is 12.0 Å². The maximum absolute atomic E-state index is 13.8. The monoisotopic (exact) mass is 469 g/mol. The molecule has 20 heavy (non-hydrogen) atoms. The molecule has 0 saturated carbocycles. The summed E-state index contributed by atoms with van der Waals surface area (Å²) in [5.41, 5.74) is 1.60. The molecule has 106 valence electrons. The SMILES string of the molecule is Fc1cc(F)c(NC2CCCc3sc(I)cc32)cc1Br. The maximum Gasteiger partial charge on any atom is 0.149 e. The van der Waals surface area contributed by atoms with Crippen molar-refractivity contribution >= 4 is 55.5 Å². The highest BCUT2D eigenvalue weighted by Gasteiger charge is 2.23. The molecule has 0 aliphatic heterocycles. The number of halogens is 4. The number of rotatable bonds is 2. The Morgan fingerprint density at radius 2 is 2.05 bits per heavy atom. The highest BCUT2D eigenvalue weighted by atomic mass is 127. The molecule has 0 amide bonds. The third kappa shape index (κ3) is 2.87. The van der Waals surface area contributed by atoms with Crippen molar-refractivity contribution in [3.63, 3.8) is 0 Å². The van der Waals surface area contributed by atoms with Crippen molar-refractivity contribution in [1.82, 2.24) is 0 Å². The zero-order chi connectivity index (χ0) is 14.3. The lowest BCUT2D eigenvalue weighted by molar-refractivity contribution is 0.570. The molecule has 1 aliphatic rings. The van der Waals surface area contributed by atoms with Crippen LogP contribution in [0.5, 0.6) is 0 Å². The van der Waals surface area contributed by atoms with Gasteiger partial charge in [-0.25, -0.2) is 8.78 Å². The molecule has 0 bridgehead atoms. The van der Waals surface area contributed by atoms with Crippen molar-refractivity contribution in [3.8, 4) is 0 Å². The number of fused-ring (bicyclic) bond motifs is 1. The predicted octanol–water partition coefficient (Wildman–Crippen LogP) is 5.88. The van der Waals surface area contributed by atoms with E-state index in [4.69, 9.17) is 0 Å². The van der Waals surface area contributed by atoms with E-state index in [9.17, 15) is 8.78 Å². The Labute approximate surface area is 142 Å². The van der Waals surface area contributed by atoms with Gasteiger partial charge in [-0.3, -0.25) is 0 Å². The maximum atomic E-state index is 13.8. The summed E-state index contributed by atoms with van der Waals surface area (Å²) in [5, 5.41) is 3.22. The molecule has 1 atom stereocenters. The summed E-state index contributed by atoms with van der Waals surface area (Å²) in [6.45, 7) is 0. The lowest BCUT2D eigenvalue weighted by Crippen LogP contribution is -2.16. The van der Waals surface area contributed by atoms with E-state index < -0.39 is 11.6 Å². The third-order valence-electron chi connectivity index (χ3n) is 3.42. The third-order valence-corrected chi connectivity index (χ3v) is 6.00. The second-order valence-electron chi connectivity index (χ2n) is 4.76. The highest BCUT2D eigenvalue weighted by molar-refractivity contribution is 14.1. The summed E-state index contributed by atoms with van der Waals surface area (Å²) in [6, 6.07) is 4.64. The van der Waals surface area contributed by atoms with Gasteiger partial charge in [-0.15, -0.1) is 11.3 Å². The molecule has 1 N–H and O–H groups in total. The average Bonchev–Trinajstić information content (AvgIpc) is 2.77. The summed E-state index contributed by atoms with van der Waals surface area (Å²) < 4.78 is 28.6. The second-order valence-corrected chi connectivity index (χ2v) is 8.65. The Hall–Kier alpha value is -0.210. The first kappa shape index (κ1) is 14.7. The average molecular weight is 470 g/mol. The minimum atomic E-state index is -0.581. The number of hydrogen-bond donors (Lipinski definition) is 1. The molecule has 6 heteroatoms. The smallest absolute Gasteiger partial charge is 0.149 e. The van der Waals surface area contributed by atoms with Gasteiger partial charge in [-0.2, -0.15) is 0 Å². The van der Waals surface area contributed by atoms with Gasteiger partial charge in [0.25, 0.3) is 0 Å². The largest absolute Gasteiger partial charge is 0.376 e. The molecule has 1 aromatic heterocycles. The van der Waals surface area contributed by atoms with Gasteiger partial charge in [0.1, 0.15) is 11.6 Å². The lowest BCUT2D eigenvalue weighted by Gasteiger charge is -2.25. The van der Waals surface area contributed by atoms with Crippen LogP contribution in [0, 0.1) is 14.5 Å². The Bertz CT molecular complexity index is 659. The number of anilines is 1. The molecule has 0 saturated heterocycles. The fourth-order valence-corrected chi connectivity index (χ4v) is 4.96. The van der Waals surface area contributed by atoms with Gasteiger partial charge in [0.15, 0.2) is 0 Å². The number of hydrogen-bond acceptors (Lipinski definition) is 2. The molecule has 0 spiro atoms. The molecule has 1 heterocycles. The zero-order valence-corrected chi connectivity index (χ0v) is 14.9.